The molecule has 0 radical (unpaired) electrons. The van der Waals surface area contributed by atoms with Crippen molar-refractivity contribution >= 4 is 41.0 Å². The topological polar surface area (TPSA) is 32.6 Å². The molecule has 0 saturated carbocycles. The van der Waals surface area contributed by atoms with Gasteiger partial charge in [-0.25, -0.2) is 4.99 Å². The van der Waals surface area contributed by atoms with Crippen LogP contribution < -0.4 is 15.9 Å². The van der Waals surface area contributed by atoms with E-state index in [0.717, 1.165) is 11.1 Å². The minimum Gasteiger partial charge on any atom is -0.507 e. The van der Waals surface area contributed by atoms with Crippen LogP contribution in [0.25, 0.3) is 5.76 Å². The van der Waals surface area contributed by atoms with Crippen molar-refractivity contribution in [3.63, 3.8) is 0 Å². The fourth-order valence-corrected chi connectivity index (χ4v) is 7.59. The van der Waals surface area contributed by atoms with Crippen molar-refractivity contribution in [1.82, 2.24) is 0 Å². The van der Waals surface area contributed by atoms with E-state index in [1.165, 1.54) is 15.9 Å². The third kappa shape index (κ3) is 13.3. The first-order valence-electron chi connectivity index (χ1n) is 17.2. The summed E-state index contributed by atoms with van der Waals surface area (Å²) in [5.41, 5.74) is 0.993. The summed E-state index contributed by atoms with van der Waals surface area (Å²) in [6, 6.07) is 58.4. The minimum absolute atomic E-state index is 0. The van der Waals surface area contributed by atoms with Crippen LogP contribution in [0.5, 0.6) is 0 Å². The zero-order valence-electron chi connectivity index (χ0n) is 30.2. The van der Waals surface area contributed by atoms with Crippen molar-refractivity contribution in [3.8, 4) is 0 Å². The van der Waals surface area contributed by atoms with Crippen LogP contribution in [0.2, 0.25) is 0 Å². The zero-order valence-corrected chi connectivity index (χ0v) is 32.1. The van der Waals surface area contributed by atoms with Crippen LogP contribution in [0.4, 0.5) is 18.9 Å². The van der Waals surface area contributed by atoms with Gasteiger partial charge in [-0.3, -0.25) is 0 Å². The smallest absolute Gasteiger partial charge is 0.433 e. The van der Waals surface area contributed by atoms with Crippen molar-refractivity contribution in [1.29, 1.82) is 0 Å². The normalized spacial score (nSPS) is 11.6. The minimum atomic E-state index is -4.69. The molecule has 53 heavy (non-hydrogen) atoms. The Hall–Kier alpha value is -4.76. The molecule has 0 saturated heterocycles. The number of benzene rings is 6. The third-order valence-corrected chi connectivity index (χ3v) is 10.3. The standard InChI is InChI=1S/C22H24F3NO.C18H15P.C6H5.Ni/c1-14(2)17-11-8-12-18(15(3)4)21(17)26-20(22(23,24)25)13-19(27)16-9-6-5-7-10-16;1-4-10-16(11-5-1)19(17-12-6-2-7-13-17)18-14-8-3-9-15-18;1-2-4-6-5-3-1;/h5-15,27H,1-4H3;1-15H;1-5H;/q;;-1;/b19-13-,26-20?;;;. The molecule has 1 N–H and O–H groups in total. The number of aliphatic hydroxyl groups excluding tert-OH is 1. The van der Waals surface area contributed by atoms with Gasteiger partial charge in [-0.05, 0) is 46.8 Å². The van der Waals surface area contributed by atoms with Gasteiger partial charge < -0.3 is 5.11 Å². The van der Waals surface area contributed by atoms with Gasteiger partial charge in [-0.1, -0.05) is 167 Å². The Labute approximate surface area is 323 Å². The molecule has 6 aromatic rings. The van der Waals surface area contributed by atoms with Gasteiger partial charge in [-0.2, -0.15) is 49.6 Å². The van der Waals surface area contributed by atoms with E-state index in [0.29, 0.717) is 17.3 Å². The predicted molar refractivity (Wildman–Crippen MR) is 215 cm³/mol. The van der Waals surface area contributed by atoms with Gasteiger partial charge in [0.05, 0.1) is 5.69 Å². The average molecular weight is 774 g/mol. The summed E-state index contributed by atoms with van der Waals surface area (Å²) in [5.74, 6) is -0.438. The molecule has 0 aliphatic heterocycles. The molecule has 6 rings (SSSR count). The van der Waals surface area contributed by atoms with Crippen LogP contribution in [-0.2, 0) is 16.5 Å². The first-order chi connectivity index (χ1) is 25.1. The Morgan fingerprint density at radius 2 is 0.962 bits per heavy atom. The summed E-state index contributed by atoms with van der Waals surface area (Å²) in [6.45, 7) is 7.68. The molecule has 0 bridgehead atoms. The molecule has 0 atom stereocenters. The van der Waals surface area contributed by atoms with Gasteiger partial charge in [-0.15, -0.1) is 0 Å². The SMILES string of the molecule is CC(C)c1cccc(C(C)C)c1N=C(/C=C(\O)c1ccccc1)C(F)(F)F.[Ni].[c-]1ccccc1.c1ccc(P(c2ccccc2)c2ccccc2)cc1. The summed E-state index contributed by atoms with van der Waals surface area (Å²) >= 11 is 0. The quantitative estimate of drug-likeness (QED) is 0.0540. The number of aliphatic hydroxyl groups is 1. The summed E-state index contributed by atoms with van der Waals surface area (Å²) in [6.07, 6.45) is -4.00. The van der Waals surface area contributed by atoms with E-state index in [4.69, 9.17) is 0 Å². The van der Waals surface area contributed by atoms with E-state index in [9.17, 15) is 18.3 Å². The van der Waals surface area contributed by atoms with Crippen molar-refractivity contribution in [2.24, 2.45) is 4.99 Å². The molecule has 276 valence electrons. The van der Waals surface area contributed by atoms with Crippen LogP contribution in [0, 0.1) is 6.07 Å². The third-order valence-electron chi connectivity index (χ3n) is 7.86. The first-order valence-corrected chi connectivity index (χ1v) is 18.5. The summed E-state index contributed by atoms with van der Waals surface area (Å²) in [4.78, 5) is 3.99. The van der Waals surface area contributed by atoms with Crippen LogP contribution in [0.1, 0.15) is 56.2 Å². The first kappa shape index (κ1) is 42.7. The molecule has 0 aliphatic rings. The van der Waals surface area contributed by atoms with E-state index < -0.39 is 25.6 Å². The second kappa shape index (κ2) is 21.7. The van der Waals surface area contributed by atoms with Crippen LogP contribution in [0.3, 0.4) is 0 Å². The monoisotopic (exact) mass is 772 g/mol. The predicted octanol–water partition coefficient (Wildman–Crippen LogP) is 12.1. The number of allylic oxidation sites excluding steroid dienone is 1. The molecule has 7 heteroatoms. The molecule has 0 fully saturated rings. The van der Waals surface area contributed by atoms with Crippen LogP contribution in [0.15, 0.2) is 181 Å². The summed E-state index contributed by atoms with van der Waals surface area (Å²) in [7, 11) is -0.446. The Balaban J connectivity index is 0.000000251. The van der Waals surface area contributed by atoms with Gasteiger partial charge in [0.1, 0.15) is 11.5 Å². The van der Waals surface area contributed by atoms with Crippen molar-refractivity contribution in [3.05, 3.63) is 199 Å². The second-order valence-electron chi connectivity index (χ2n) is 12.4. The number of aliphatic imine (C=N–C) groups is 1. The van der Waals surface area contributed by atoms with Crippen molar-refractivity contribution in [2.75, 3.05) is 0 Å². The molecule has 6 aromatic carbocycles. The van der Waals surface area contributed by atoms with Crippen LogP contribution in [-0.4, -0.2) is 17.0 Å². The number of para-hydroxylation sites is 1. The molecule has 0 unspecified atom stereocenters. The molecule has 0 spiro atoms. The van der Waals surface area contributed by atoms with Gasteiger partial charge in [0.25, 0.3) is 0 Å². The molecular weight excluding hydrogens is 729 g/mol. The van der Waals surface area contributed by atoms with Gasteiger partial charge >= 0.3 is 6.18 Å². The maximum atomic E-state index is 13.7. The zero-order chi connectivity index (χ0) is 37.3. The van der Waals surface area contributed by atoms with E-state index >= 15 is 0 Å². The van der Waals surface area contributed by atoms with Crippen molar-refractivity contribution in [2.45, 2.75) is 45.7 Å². The van der Waals surface area contributed by atoms with Gasteiger partial charge in [0.2, 0.25) is 0 Å². The Kier molecular flexibility index (Phi) is 17.5. The molecule has 0 aromatic heterocycles. The number of halogens is 3. The Morgan fingerprint density at radius 1 is 0.585 bits per heavy atom. The van der Waals surface area contributed by atoms with E-state index in [1.54, 1.807) is 42.5 Å². The van der Waals surface area contributed by atoms with E-state index in [1.807, 2.05) is 64.1 Å². The average Bonchev–Trinajstić information content (AvgIpc) is 3.17. The van der Waals surface area contributed by atoms with E-state index in [-0.39, 0.29) is 28.3 Å². The van der Waals surface area contributed by atoms with Crippen LogP contribution >= 0.6 is 7.92 Å². The van der Waals surface area contributed by atoms with E-state index in [2.05, 4.69) is 102 Å². The largest absolute Gasteiger partial charge is 0.507 e. The van der Waals surface area contributed by atoms with Gasteiger partial charge in [0.15, 0.2) is 0 Å². The van der Waals surface area contributed by atoms with Gasteiger partial charge in [0, 0.05) is 28.1 Å². The second-order valence-corrected chi connectivity index (χ2v) is 14.6. The summed E-state index contributed by atoms with van der Waals surface area (Å²) in [5, 5.41) is 14.4. The fourth-order valence-electron chi connectivity index (χ4n) is 5.28. The maximum absolute atomic E-state index is 13.7. The molecule has 0 aliphatic carbocycles. The number of alkyl halides is 3. The molecule has 0 amide bonds. The Morgan fingerprint density at radius 3 is 1.28 bits per heavy atom. The summed E-state index contributed by atoms with van der Waals surface area (Å²) < 4.78 is 41.0. The number of hydrogen-bond donors (Lipinski definition) is 1. The maximum Gasteiger partial charge on any atom is 0.433 e. The Bertz CT molecular complexity index is 1820. The molecule has 2 nitrogen and oxygen atoms in total. The number of rotatable bonds is 8. The molecule has 0 heterocycles. The number of nitrogens with zero attached hydrogens (tertiary/aromatic N) is 1. The molecular formula is C46H44F3NNiOP-. The number of hydrogen-bond acceptors (Lipinski definition) is 2. The fraction of sp³-hybridized carbons (Fsp3) is 0.152. The van der Waals surface area contributed by atoms with Crippen molar-refractivity contribution < 1.29 is 34.8 Å².